The molecule has 1 radical (unpaired) electrons. The maximum atomic E-state index is 8.88. The van der Waals surface area contributed by atoms with Crippen LogP contribution in [0.15, 0.2) is 66.4 Å². The van der Waals surface area contributed by atoms with Gasteiger partial charge in [-0.1, -0.05) is 52.0 Å². The van der Waals surface area contributed by atoms with Gasteiger partial charge in [0, 0.05) is 58.1 Å². The van der Waals surface area contributed by atoms with Crippen molar-refractivity contribution < 1.29 is 29.7 Å². The predicted octanol–water partition coefficient (Wildman–Crippen LogP) is 4.76. The number of rotatable bonds is 0. The molecule has 7 heteroatoms. The van der Waals surface area contributed by atoms with Crippen LogP contribution in [-0.2, 0) is 19.5 Å². The first-order valence-electron chi connectivity index (χ1n) is 10.8. The summed E-state index contributed by atoms with van der Waals surface area (Å²) in [6.45, 7) is 11.4. The quantitative estimate of drug-likeness (QED) is 0.468. The van der Waals surface area contributed by atoms with E-state index in [9.17, 15) is 0 Å². The van der Waals surface area contributed by atoms with Crippen LogP contribution in [-0.4, -0.2) is 90.3 Å². The number of aliphatic hydroxyl groups is 2. The van der Waals surface area contributed by atoms with E-state index in [1.165, 1.54) is 51.8 Å². The van der Waals surface area contributed by atoms with Crippen molar-refractivity contribution in [3.05, 3.63) is 66.4 Å². The van der Waals surface area contributed by atoms with E-state index in [2.05, 4.69) is 54.7 Å². The third-order valence-electron chi connectivity index (χ3n) is 4.26. The molecule has 2 N–H and O–H groups in total. The Morgan fingerprint density at radius 2 is 1.19 bits per heavy atom. The molecule has 1 aromatic rings. The molecular weight excluding hydrogens is 489 g/mol. The van der Waals surface area contributed by atoms with Crippen molar-refractivity contribution in [3.63, 3.8) is 0 Å². The van der Waals surface area contributed by atoms with E-state index in [1.54, 1.807) is 30.6 Å². The van der Waals surface area contributed by atoms with Gasteiger partial charge in [-0.2, -0.15) is 0 Å². The zero-order chi connectivity index (χ0) is 22.6. The van der Waals surface area contributed by atoms with Crippen molar-refractivity contribution in [1.82, 2.24) is 19.7 Å². The van der Waals surface area contributed by atoms with Gasteiger partial charge in [-0.3, -0.25) is 4.98 Å². The van der Waals surface area contributed by atoms with Gasteiger partial charge in [-0.15, -0.1) is 0 Å². The summed E-state index contributed by atoms with van der Waals surface area (Å²) in [5.74, 6) is -0.0139. The molecule has 0 saturated carbocycles. The van der Waals surface area contributed by atoms with E-state index in [-0.39, 0.29) is 38.4 Å². The van der Waals surface area contributed by atoms with Crippen LogP contribution < -0.4 is 0 Å². The van der Waals surface area contributed by atoms with E-state index >= 15 is 0 Å². The second-order valence-corrected chi connectivity index (χ2v) is 7.46. The Labute approximate surface area is 210 Å². The van der Waals surface area contributed by atoms with Gasteiger partial charge in [0.1, 0.15) is 5.76 Å². The van der Waals surface area contributed by atoms with Crippen LogP contribution in [0.1, 0.15) is 34.1 Å². The Kier molecular flexibility index (Phi) is 26.4. The van der Waals surface area contributed by atoms with Gasteiger partial charge < -0.3 is 24.9 Å². The van der Waals surface area contributed by atoms with Crippen molar-refractivity contribution in [2.45, 2.75) is 34.1 Å². The van der Waals surface area contributed by atoms with Gasteiger partial charge in [0.2, 0.25) is 0 Å². The summed E-state index contributed by atoms with van der Waals surface area (Å²) in [7, 11) is 6.60. The van der Waals surface area contributed by atoms with Crippen molar-refractivity contribution in [2.24, 2.45) is 0 Å². The fourth-order valence-electron chi connectivity index (χ4n) is 2.28. The summed E-state index contributed by atoms with van der Waals surface area (Å²) in [4.78, 5) is 11.0. The van der Waals surface area contributed by atoms with Crippen LogP contribution in [0.4, 0.5) is 0 Å². The van der Waals surface area contributed by atoms with Crippen molar-refractivity contribution in [2.75, 3.05) is 60.4 Å². The molecule has 0 bridgehead atoms. The van der Waals surface area contributed by atoms with Crippen LogP contribution in [0.3, 0.4) is 0 Å². The topological polar surface area (TPSA) is 63.1 Å². The van der Waals surface area contributed by atoms with E-state index in [4.69, 9.17) is 10.2 Å². The zero-order valence-corrected chi connectivity index (χ0v) is 21.6. The minimum Gasteiger partial charge on any atom is -0.508 e. The minimum absolute atomic E-state index is 0. The molecule has 3 rings (SSSR count). The number of aromatic nitrogens is 1. The van der Waals surface area contributed by atoms with Gasteiger partial charge >= 0.3 is 19.5 Å². The summed E-state index contributed by atoms with van der Waals surface area (Å²) >= 11 is 0. The first kappa shape index (κ1) is 35.1. The van der Waals surface area contributed by atoms with E-state index < -0.39 is 0 Å². The second kappa shape index (κ2) is 24.1. The molecule has 6 nitrogen and oxygen atoms in total. The molecule has 0 atom stereocenters. The Balaban J connectivity index is -0.000000374. The maximum absolute atomic E-state index is 8.88. The van der Waals surface area contributed by atoms with Gasteiger partial charge in [0.05, 0.1) is 0 Å². The number of likely N-dealkylation sites (N-methyl/N-ethyl adjacent to an activating group) is 3. The van der Waals surface area contributed by atoms with Crippen LogP contribution in [0.5, 0.6) is 0 Å². The Morgan fingerprint density at radius 1 is 0.781 bits per heavy atom. The predicted molar refractivity (Wildman–Crippen MR) is 135 cm³/mol. The van der Waals surface area contributed by atoms with Gasteiger partial charge in [0.25, 0.3) is 0 Å². The van der Waals surface area contributed by atoms with Gasteiger partial charge in [-0.05, 0) is 39.4 Å². The molecule has 0 aromatic carbocycles. The summed E-state index contributed by atoms with van der Waals surface area (Å²) in [6.07, 6.45) is 11.9. The molecule has 1 saturated heterocycles. The molecule has 1 aromatic heterocycles. The Hall–Kier alpha value is -1.53. The normalized spacial score (nSPS) is 17.0. The van der Waals surface area contributed by atoms with Crippen LogP contribution >= 0.6 is 0 Å². The fraction of sp³-hybridized carbons (Fsp3) is 0.560. The Bertz CT molecular complexity index is 547. The molecule has 1 fully saturated rings. The molecule has 2 aliphatic rings. The standard InChI is InChI=1S/C9H21N3.C7H8O2.C5H5N.C3H8.CH4.Ru/c1-10-4-6-11(2)8-9-12(3)7-5-10;8-6-4-2-1-3-5-7(6)9;1-2-4-6-5-3-1;1-3-2;;/h4-9H2,1-3H3;1-4,8-9H,5H2;1-5H;3H2,1-2H3;1H4;/q;;;;;+3. The van der Waals surface area contributed by atoms with Crippen LogP contribution in [0.25, 0.3) is 0 Å². The number of nitrogens with zero attached hydrogens (tertiary/aromatic N) is 4. The molecule has 0 spiro atoms. The van der Waals surface area contributed by atoms with Crippen LogP contribution in [0.2, 0.25) is 0 Å². The van der Waals surface area contributed by atoms with E-state index in [1.807, 2.05) is 18.2 Å². The Morgan fingerprint density at radius 3 is 1.50 bits per heavy atom. The third-order valence-corrected chi connectivity index (χ3v) is 4.26. The van der Waals surface area contributed by atoms with Gasteiger partial charge in [0.15, 0.2) is 5.76 Å². The number of allylic oxidation sites excluding steroid dienone is 4. The first-order chi connectivity index (χ1) is 14.4. The van der Waals surface area contributed by atoms with Crippen molar-refractivity contribution in [3.8, 4) is 0 Å². The number of pyridine rings is 1. The number of aliphatic hydroxyl groups excluding tert-OH is 2. The average molecular weight is 536 g/mol. The number of hydrogen-bond acceptors (Lipinski definition) is 6. The summed E-state index contributed by atoms with van der Waals surface area (Å²) in [5, 5.41) is 17.7. The molecule has 2 heterocycles. The van der Waals surface area contributed by atoms with Crippen LogP contribution in [0, 0.1) is 0 Å². The number of hydrogen-bond donors (Lipinski definition) is 2. The largest absolute Gasteiger partial charge is 3.00 e. The fourth-order valence-corrected chi connectivity index (χ4v) is 2.28. The van der Waals surface area contributed by atoms with E-state index in [0.29, 0.717) is 6.42 Å². The molecule has 32 heavy (non-hydrogen) atoms. The molecule has 1 aliphatic heterocycles. The summed E-state index contributed by atoms with van der Waals surface area (Å²) < 4.78 is 0. The second-order valence-electron chi connectivity index (χ2n) is 7.46. The SMILES string of the molecule is C.CCC.CN1CCN(C)CCN(C)CC1.OC1=C(O)CC=CC=C1.[Ru+3].c1ccncc1. The zero-order valence-electron chi connectivity index (χ0n) is 19.9. The molecule has 1 aliphatic carbocycles. The molecule has 0 unspecified atom stereocenters. The van der Waals surface area contributed by atoms with E-state index in [0.717, 1.165) is 0 Å². The van der Waals surface area contributed by atoms with Gasteiger partial charge in [-0.25, -0.2) is 0 Å². The molecule has 183 valence electrons. The monoisotopic (exact) mass is 536 g/mol. The van der Waals surface area contributed by atoms with Crippen molar-refractivity contribution >= 4 is 0 Å². The smallest absolute Gasteiger partial charge is 0.508 e. The first-order valence-corrected chi connectivity index (χ1v) is 10.8. The summed E-state index contributed by atoms with van der Waals surface area (Å²) in [5.41, 5.74) is 0. The maximum Gasteiger partial charge on any atom is 3.00 e. The minimum atomic E-state index is -0.0417. The average Bonchev–Trinajstić information content (AvgIpc) is 2.91. The van der Waals surface area contributed by atoms with Crippen molar-refractivity contribution in [1.29, 1.82) is 0 Å². The molecular formula is C25H46N4O2Ru+3. The summed E-state index contributed by atoms with van der Waals surface area (Å²) in [6, 6.07) is 5.72. The third kappa shape index (κ3) is 21.7. The molecule has 0 amide bonds.